The summed E-state index contributed by atoms with van der Waals surface area (Å²) in [6, 6.07) is 12.7. The number of nitro groups is 1. The molecule has 24 heavy (non-hydrogen) atoms. The van der Waals surface area contributed by atoms with E-state index in [9.17, 15) is 14.9 Å². The third kappa shape index (κ3) is 3.53. The molecular formula is C16H15ClN4O3. The second kappa shape index (κ2) is 6.96. The van der Waals surface area contributed by atoms with Crippen molar-refractivity contribution in [2.24, 2.45) is 0 Å². The average Bonchev–Trinajstić information content (AvgIpc) is 3.05. The summed E-state index contributed by atoms with van der Waals surface area (Å²) < 4.78 is 0. The molecule has 1 saturated heterocycles. The van der Waals surface area contributed by atoms with Crippen molar-refractivity contribution in [1.82, 2.24) is 10.9 Å². The molecule has 0 radical (unpaired) electrons. The summed E-state index contributed by atoms with van der Waals surface area (Å²) in [4.78, 5) is 22.6. The lowest BCUT2D eigenvalue weighted by atomic mass is 10.0. The minimum absolute atomic E-state index is 0.0701. The van der Waals surface area contributed by atoms with Crippen molar-refractivity contribution in [3.8, 4) is 0 Å². The highest BCUT2D eigenvalue weighted by Crippen LogP contribution is 2.28. The Morgan fingerprint density at radius 2 is 2.00 bits per heavy atom. The molecule has 2 unspecified atom stereocenters. The van der Waals surface area contributed by atoms with Gasteiger partial charge in [0.1, 0.15) is 6.04 Å². The quantitative estimate of drug-likeness (QED) is 0.584. The van der Waals surface area contributed by atoms with E-state index in [0.29, 0.717) is 17.1 Å². The van der Waals surface area contributed by atoms with Crippen LogP contribution in [0.5, 0.6) is 0 Å². The molecular weight excluding hydrogens is 332 g/mol. The van der Waals surface area contributed by atoms with Crippen LogP contribution < -0.4 is 16.2 Å². The number of carbonyl (C=O) groups excluding carboxylic acids is 1. The number of nitrogens with zero attached hydrogens (tertiary/aromatic N) is 1. The molecule has 1 aliphatic rings. The fourth-order valence-corrected chi connectivity index (χ4v) is 2.88. The summed E-state index contributed by atoms with van der Waals surface area (Å²) >= 11 is 6.18. The normalized spacial score (nSPS) is 19.9. The molecule has 8 heteroatoms. The number of benzene rings is 2. The van der Waals surface area contributed by atoms with Crippen LogP contribution in [0.25, 0.3) is 0 Å². The van der Waals surface area contributed by atoms with Crippen LogP contribution >= 0.6 is 11.6 Å². The standard InChI is InChI=1S/C16H15ClN4O3/c17-13-7-2-1-6-12(13)14-9-15(20-19-14)16(22)18-10-4-3-5-11(8-10)21(23)24/h1-8,14-15,19-20H,9H2,(H,18,22). The Morgan fingerprint density at radius 3 is 2.75 bits per heavy atom. The van der Waals surface area contributed by atoms with Gasteiger partial charge in [-0.15, -0.1) is 0 Å². The molecule has 0 saturated carbocycles. The first-order valence-corrected chi connectivity index (χ1v) is 7.73. The van der Waals surface area contributed by atoms with Crippen LogP contribution in [0.1, 0.15) is 18.0 Å². The van der Waals surface area contributed by atoms with Gasteiger partial charge in [-0.1, -0.05) is 35.9 Å². The predicted molar refractivity (Wildman–Crippen MR) is 90.6 cm³/mol. The topological polar surface area (TPSA) is 96.3 Å². The molecule has 2 aromatic rings. The summed E-state index contributed by atoms with van der Waals surface area (Å²) in [5.41, 5.74) is 7.22. The molecule has 1 aliphatic heterocycles. The first-order valence-electron chi connectivity index (χ1n) is 7.35. The lowest BCUT2D eigenvalue weighted by Crippen LogP contribution is -2.39. The zero-order valence-corrected chi connectivity index (χ0v) is 13.3. The van der Waals surface area contributed by atoms with Crippen molar-refractivity contribution >= 4 is 28.9 Å². The minimum Gasteiger partial charge on any atom is -0.324 e. The van der Waals surface area contributed by atoms with E-state index in [1.54, 1.807) is 12.1 Å². The number of hydrazine groups is 1. The van der Waals surface area contributed by atoms with Gasteiger partial charge in [-0.3, -0.25) is 14.9 Å². The zero-order valence-electron chi connectivity index (χ0n) is 12.5. The van der Waals surface area contributed by atoms with E-state index in [1.165, 1.54) is 18.2 Å². The fourth-order valence-electron chi connectivity index (χ4n) is 2.62. The van der Waals surface area contributed by atoms with Gasteiger partial charge >= 0.3 is 0 Å². The van der Waals surface area contributed by atoms with Gasteiger partial charge in [0.2, 0.25) is 5.91 Å². The molecule has 0 spiro atoms. The molecule has 3 rings (SSSR count). The number of nitrogens with one attached hydrogen (secondary N) is 3. The van der Waals surface area contributed by atoms with Gasteiger partial charge in [0.25, 0.3) is 5.69 Å². The highest BCUT2D eigenvalue weighted by molar-refractivity contribution is 6.31. The number of anilines is 1. The summed E-state index contributed by atoms with van der Waals surface area (Å²) in [6.07, 6.45) is 0.518. The molecule has 1 amide bonds. The number of carbonyl (C=O) groups is 1. The van der Waals surface area contributed by atoms with Crippen LogP contribution in [0.4, 0.5) is 11.4 Å². The fraction of sp³-hybridized carbons (Fsp3) is 0.188. The molecule has 0 aromatic heterocycles. The maximum atomic E-state index is 12.3. The number of rotatable bonds is 4. The van der Waals surface area contributed by atoms with Crippen molar-refractivity contribution in [1.29, 1.82) is 0 Å². The third-order valence-electron chi connectivity index (χ3n) is 3.82. The molecule has 0 bridgehead atoms. The molecule has 0 aliphatic carbocycles. The molecule has 7 nitrogen and oxygen atoms in total. The maximum absolute atomic E-state index is 12.3. The Kier molecular flexibility index (Phi) is 4.75. The van der Waals surface area contributed by atoms with E-state index in [1.807, 2.05) is 18.2 Å². The number of amides is 1. The lowest BCUT2D eigenvalue weighted by molar-refractivity contribution is -0.384. The van der Waals surface area contributed by atoms with Gasteiger partial charge in [-0.05, 0) is 24.1 Å². The number of halogens is 1. The average molecular weight is 347 g/mol. The SMILES string of the molecule is O=C(Nc1cccc([N+](=O)[O-])c1)C1CC(c2ccccc2Cl)NN1. The van der Waals surface area contributed by atoms with Gasteiger partial charge in [0, 0.05) is 28.9 Å². The predicted octanol–water partition coefficient (Wildman–Crippen LogP) is 2.79. The van der Waals surface area contributed by atoms with Crippen LogP contribution in [-0.4, -0.2) is 16.9 Å². The monoisotopic (exact) mass is 346 g/mol. The van der Waals surface area contributed by atoms with Crippen LogP contribution in [0, 0.1) is 10.1 Å². The lowest BCUT2D eigenvalue weighted by Gasteiger charge is -2.11. The second-order valence-electron chi connectivity index (χ2n) is 5.45. The van der Waals surface area contributed by atoms with E-state index < -0.39 is 11.0 Å². The molecule has 2 aromatic carbocycles. The highest BCUT2D eigenvalue weighted by atomic mass is 35.5. The summed E-state index contributed by atoms with van der Waals surface area (Å²) in [7, 11) is 0. The van der Waals surface area contributed by atoms with Gasteiger partial charge in [-0.2, -0.15) is 0 Å². The summed E-state index contributed by atoms with van der Waals surface area (Å²) in [6.45, 7) is 0. The zero-order chi connectivity index (χ0) is 17.1. The number of hydrogen-bond donors (Lipinski definition) is 3. The molecule has 1 fully saturated rings. The Morgan fingerprint density at radius 1 is 1.21 bits per heavy atom. The Bertz CT molecular complexity index is 783. The Hall–Kier alpha value is -2.48. The summed E-state index contributed by atoms with van der Waals surface area (Å²) in [5.74, 6) is -0.266. The maximum Gasteiger partial charge on any atom is 0.271 e. The molecule has 1 heterocycles. The summed E-state index contributed by atoms with van der Waals surface area (Å²) in [5, 5.41) is 14.1. The van der Waals surface area contributed by atoms with Crippen LogP contribution in [-0.2, 0) is 4.79 Å². The van der Waals surface area contributed by atoms with Gasteiger partial charge < -0.3 is 5.32 Å². The molecule has 124 valence electrons. The van der Waals surface area contributed by atoms with Gasteiger partial charge in [-0.25, -0.2) is 10.9 Å². The molecule has 2 atom stereocenters. The Labute approximate surface area is 143 Å². The van der Waals surface area contributed by atoms with Gasteiger partial charge in [0.05, 0.1) is 4.92 Å². The Balaban J connectivity index is 1.66. The van der Waals surface area contributed by atoms with Crippen LogP contribution in [0.2, 0.25) is 5.02 Å². The number of nitro benzene ring substituents is 1. The minimum atomic E-state index is -0.502. The van der Waals surface area contributed by atoms with E-state index in [4.69, 9.17) is 11.6 Å². The second-order valence-corrected chi connectivity index (χ2v) is 5.85. The first kappa shape index (κ1) is 16.4. The van der Waals surface area contributed by atoms with E-state index >= 15 is 0 Å². The van der Waals surface area contributed by atoms with Gasteiger partial charge in [0.15, 0.2) is 0 Å². The molecule has 3 N–H and O–H groups in total. The van der Waals surface area contributed by atoms with Crippen molar-refractivity contribution in [2.75, 3.05) is 5.32 Å². The van der Waals surface area contributed by atoms with Crippen molar-refractivity contribution < 1.29 is 9.72 Å². The number of non-ortho nitro benzene ring substituents is 1. The van der Waals surface area contributed by atoms with E-state index in [2.05, 4.69) is 16.2 Å². The highest BCUT2D eigenvalue weighted by Gasteiger charge is 2.31. The van der Waals surface area contributed by atoms with Crippen molar-refractivity contribution in [3.63, 3.8) is 0 Å². The smallest absolute Gasteiger partial charge is 0.271 e. The first-order chi connectivity index (χ1) is 11.5. The number of hydrogen-bond acceptors (Lipinski definition) is 5. The van der Waals surface area contributed by atoms with E-state index in [-0.39, 0.29) is 17.6 Å². The van der Waals surface area contributed by atoms with E-state index in [0.717, 1.165) is 5.56 Å². The van der Waals surface area contributed by atoms with Crippen LogP contribution in [0.15, 0.2) is 48.5 Å². The van der Waals surface area contributed by atoms with Crippen molar-refractivity contribution in [2.45, 2.75) is 18.5 Å². The third-order valence-corrected chi connectivity index (χ3v) is 4.17. The van der Waals surface area contributed by atoms with Crippen LogP contribution in [0.3, 0.4) is 0 Å². The largest absolute Gasteiger partial charge is 0.324 e. The van der Waals surface area contributed by atoms with Crippen molar-refractivity contribution in [3.05, 3.63) is 69.2 Å².